The molecule has 246 valence electrons. The number of cyclic esters (lactones) is 1. The zero-order chi connectivity index (χ0) is 31.4. The van der Waals surface area contributed by atoms with Crippen LogP contribution in [0.15, 0.2) is 11.6 Å². The lowest BCUT2D eigenvalue weighted by Crippen LogP contribution is -2.57. The van der Waals surface area contributed by atoms with Gasteiger partial charge in [-0.2, -0.15) is 0 Å². The van der Waals surface area contributed by atoms with E-state index in [1.807, 2.05) is 6.08 Å². The van der Waals surface area contributed by atoms with Crippen molar-refractivity contribution < 1.29 is 24.5 Å². The molecule has 6 saturated carbocycles. The van der Waals surface area contributed by atoms with E-state index in [1.165, 1.54) is 56.9 Å². The first-order valence-electron chi connectivity index (χ1n) is 18.4. The number of carbonyl (C=O) groups excluding carboxylic acids is 2. The normalized spacial score (nSPS) is 55.9. The molecular formula is C39H60O5. The smallest absolute Gasteiger partial charge is 0.306 e. The van der Waals surface area contributed by atoms with E-state index in [4.69, 9.17) is 4.74 Å². The molecular weight excluding hydrogens is 548 g/mol. The zero-order valence-electron chi connectivity index (χ0n) is 28.5. The molecule has 8 aliphatic rings. The average molecular weight is 609 g/mol. The summed E-state index contributed by atoms with van der Waals surface area (Å²) in [5, 5.41) is 21.4. The molecule has 8 rings (SSSR count). The van der Waals surface area contributed by atoms with Crippen LogP contribution in [-0.4, -0.2) is 40.3 Å². The van der Waals surface area contributed by atoms with Crippen molar-refractivity contribution in [1.82, 2.24) is 0 Å². The molecule has 5 nitrogen and oxygen atoms in total. The molecule has 0 aromatic carbocycles. The molecule has 0 spiro atoms. The molecule has 7 aliphatic carbocycles. The highest BCUT2D eigenvalue weighted by molar-refractivity contribution is 5.92. The topological polar surface area (TPSA) is 83.8 Å². The molecule has 2 N–H and O–H groups in total. The van der Waals surface area contributed by atoms with Gasteiger partial charge in [-0.05, 0) is 154 Å². The highest BCUT2D eigenvalue weighted by Crippen LogP contribution is 2.68. The van der Waals surface area contributed by atoms with Crippen LogP contribution in [0, 0.1) is 69.0 Å². The van der Waals surface area contributed by atoms with E-state index < -0.39 is 5.60 Å². The lowest BCUT2D eigenvalue weighted by Gasteiger charge is -2.60. The van der Waals surface area contributed by atoms with E-state index in [2.05, 4.69) is 41.5 Å². The highest BCUT2D eigenvalue weighted by Gasteiger charge is 2.64. The van der Waals surface area contributed by atoms with Crippen molar-refractivity contribution in [2.75, 3.05) is 6.61 Å². The van der Waals surface area contributed by atoms with Crippen molar-refractivity contribution in [2.45, 2.75) is 143 Å². The van der Waals surface area contributed by atoms with Crippen molar-refractivity contribution in [1.29, 1.82) is 0 Å². The summed E-state index contributed by atoms with van der Waals surface area (Å²) in [4.78, 5) is 23.7. The van der Waals surface area contributed by atoms with Crippen LogP contribution in [0.4, 0.5) is 0 Å². The maximum atomic E-state index is 12.0. The van der Waals surface area contributed by atoms with Gasteiger partial charge >= 0.3 is 5.97 Å². The number of carbonyl (C=O) groups is 2. The van der Waals surface area contributed by atoms with Crippen LogP contribution in [0.5, 0.6) is 0 Å². The minimum atomic E-state index is -0.501. The van der Waals surface area contributed by atoms with Gasteiger partial charge in [-0.25, -0.2) is 0 Å². The molecule has 44 heavy (non-hydrogen) atoms. The second kappa shape index (κ2) is 10.4. The van der Waals surface area contributed by atoms with E-state index in [1.54, 1.807) is 0 Å². The summed E-state index contributed by atoms with van der Waals surface area (Å²) in [6.45, 7) is 14.5. The Morgan fingerprint density at radius 2 is 1.43 bits per heavy atom. The number of fused-ring (bicyclic) bond motifs is 10. The molecule has 0 amide bonds. The van der Waals surface area contributed by atoms with Crippen LogP contribution in [0.25, 0.3) is 0 Å². The van der Waals surface area contributed by atoms with Crippen molar-refractivity contribution in [3.05, 3.63) is 11.6 Å². The van der Waals surface area contributed by atoms with Gasteiger partial charge < -0.3 is 14.9 Å². The summed E-state index contributed by atoms with van der Waals surface area (Å²) >= 11 is 0. The highest BCUT2D eigenvalue weighted by atomic mass is 16.5. The Morgan fingerprint density at radius 1 is 0.750 bits per heavy atom. The maximum absolute atomic E-state index is 12.0. The van der Waals surface area contributed by atoms with Crippen molar-refractivity contribution >= 4 is 11.8 Å². The monoisotopic (exact) mass is 608 g/mol. The van der Waals surface area contributed by atoms with Crippen LogP contribution >= 0.6 is 0 Å². The Kier molecular flexibility index (Phi) is 7.42. The molecule has 14 atom stereocenters. The standard InChI is InChI=1S/C20H30O2.C19H30O3/c1-12-10-14(21)11-13-4-5-15-16-6-7-18(22)19(16,2)9-8-17(15)20(12,13)3;1-17-11-22-16(20)10-12(17)4-5-13-14(17)6-8-18(2)15(13)7-9-19(18,3)21/h11-12,15-18,22H,4-10H2,1-3H3;12-15,21H,4-11H2,1-3H3/t12?,15-,16-,17-,18-,19-,20-;12-,13+,14-,15-,17-,18-,19-/m00/s1. The summed E-state index contributed by atoms with van der Waals surface area (Å²) in [5.74, 6) is 5.55. The third kappa shape index (κ3) is 4.29. The van der Waals surface area contributed by atoms with E-state index in [0.29, 0.717) is 54.3 Å². The summed E-state index contributed by atoms with van der Waals surface area (Å²) in [7, 11) is 0. The maximum Gasteiger partial charge on any atom is 0.306 e. The summed E-state index contributed by atoms with van der Waals surface area (Å²) in [6.07, 6.45) is 17.1. The summed E-state index contributed by atoms with van der Waals surface area (Å²) in [6, 6.07) is 0. The van der Waals surface area contributed by atoms with Crippen molar-refractivity contribution in [3.8, 4) is 0 Å². The SMILES string of the molecule is CC1CC(=O)C=C2CC[C@H]3[C@@H]4CC[C@H](O)[C@@]4(C)CC[C@@H]3[C@]21C.C[C@]12COC(=O)C[C@@H]1CC[C@@H]1[C@@H]2CC[C@@]2(C)[C@H]1CC[C@]2(C)O. The Hall–Kier alpha value is -1.20. The van der Waals surface area contributed by atoms with Gasteiger partial charge in [0.05, 0.1) is 18.3 Å². The molecule has 0 bridgehead atoms. The van der Waals surface area contributed by atoms with Crippen molar-refractivity contribution in [2.24, 2.45) is 69.0 Å². The van der Waals surface area contributed by atoms with E-state index in [0.717, 1.165) is 43.9 Å². The first-order chi connectivity index (χ1) is 20.6. The molecule has 1 unspecified atom stereocenters. The second-order valence-corrected chi connectivity index (χ2v) is 18.4. The Bertz CT molecular complexity index is 1220. The molecule has 1 saturated heterocycles. The molecule has 0 radical (unpaired) electrons. The van der Waals surface area contributed by atoms with Gasteiger partial charge in [0.25, 0.3) is 0 Å². The van der Waals surface area contributed by atoms with Gasteiger partial charge in [0.1, 0.15) is 0 Å². The largest absolute Gasteiger partial charge is 0.465 e. The number of allylic oxidation sites excluding steroid dienone is 1. The van der Waals surface area contributed by atoms with Crippen LogP contribution in [0.3, 0.4) is 0 Å². The number of hydrogen-bond acceptors (Lipinski definition) is 5. The third-order valence-corrected chi connectivity index (χ3v) is 17.0. The Labute approximate surface area is 266 Å². The number of esters is 1. The van der Waals surface area contributed by atoms with Crippen molar-refractivity contribution in [3.63, 3.8) is 0 Å². The molecule has 0 aromatic heterocycles. The minimum Gasteiger partial charge on any atom is -0.465 e. The third-order valence-electron chi connectivity index (χ3n) is 17.0. The second-order valence-electron chi connectivity index (χ2n) is 18.4. The molecule has 5 heteroatoms. The van der Waals surface area contributed by atoms with Crippen LogP contribution in [0.1, 0.15) is 131 Å². The molecule has 1 heterocycles. The van der Waals surface area contributed by atoms with Gasteiger partial charge in [0.2, 0.25) is 0 Å². The number of aliphatic hydroxyl groups is 2. The molecule has 0 aromatic rings. The fourth-order valence-corrected chi connectivity index (χ4v) is 13.7. The number of ketones is 1. The Morgan fingerprint density at radius 3 is 2.20 bits per heavy atom. The number of ether oxygens (including phenoxy) is 1. The van der Waals surface area contributed by atoms with Crippen LogP contribution in [-0.2, 0) is 14.3 Å². The van der Waals surface area contributed by atoms with E-state index >= 15 is 0 Å². The number of rotatable bonds is 0. The first kappa shape index (κ1) is 31.4. The van der Waals surface area contributed by atoms with E-state index in [-0.39, 0.29) is 33.7 Å². The summed E-state index contributed by atoms with van der Waals surface area (Å²) in [5.41, 5.74) is 1.59. The van der Waals surface area contributed by atoms with Crippen LogP contribution < -0.4 is 0 Å². The van der Waals surface area contributed by atoms with Crippen LogP contribution in [0.2, 0.25) is 0 Å². The zero-order valence-corrected chi connectivity index (χ0v) is 28.5. The first-order valence-corrected chi connectivity index (χ1v) is 18.4. The Balaban J connectivity index is 0.000000142. The minimum absolute atomic E-state index is 0.00497. The predicted molar refractivity (Wildman–Crippen MR) is 171 cm³/mol. The lowest BCUT2D eigenvalue weighted by molar-refractivity contribution is -0.186. The number of hydrogen-bond donors (Lipinski definition) is 2. The summed E-state index contributed by atoms with van der Waals surface area (Å²) < 4.78 is 5.49. The number of aliphatic hydroxyl groups excluding tert-OH is 1. The van der Waals surface area contributed by atoms with Gasteiger partial charge in [-0.15, -0.1) is 0 Å². The van der Waals surface area contributed by atoms with Gasteiger partial charge in [0.15, 0.2) is 5.78 Å². The van der Waals surface area contributed by atoms with Gasteiger partial charge in [0, 0.05) is 18.3 Å². The molecule has 1 aliphatic heterocycles. The lowest BCUT2D eigenvalue weighted by atomic mass is 9.45. The van der Waals surface area contributed by atoms with Gasteiger partial charge in [-0.3, -0.25) is 9.59 Å². The fraction of sp³-hybridized carbons (Fsp3) is 0.897. The average Bonchev–Trinajstić information content (AvgIpc) is 3.41. The molecule has 7 fully saturated rings. The van der Waals surface area contributed by atoms with E-state index in [9.17, 15) is 19.8 Å². The fourth-order valence-electron chi connectivity index (χ4n) is 13.7. The van der Waals surface area contributed by atoms with Gasteiger partial charge in [-0.1, -0.05) is 40.2 Å². The predicted octanol–water partition coefficient (Wildman–Crippen LogP) is 7.67. The quantitative estimate of drug-likeness (QED) is 0.276.